The predicted molar refractivity (Wildman–Crippen MR) is 84.4 cm³/mol. The highest BCUT2D eigenvalue weighted by atomic mass is 35.5. The first-order valence-electron chi connectivity index (χ1n) is 6.53. The van der Waals surface area contributed by atoms with Crippen LogP contribution in [-0.2, 0) is 10.4 Å². The maximum atomic E-state index is 12.3. The van der Waals surface area contributed by atoms with Gasteiger partial charge in [-0.2, -0.15) is 0 Å². The number of fused-ring (bicyclic) bond motifs is 1. The molecule has 112 valence electrons. The fraction of sp³-hybridized carbons (Fsp3) is 0.125. The van der Waals surface area contributed by atoms with Crippen molar-refractivity contribution >= 4 is 40.6 Å². The van der Waals surface area contributed by atoms with E-state index in [0.29, 0.717) is 16.3 Å². The van der Waals surface area contributed by atoms with E-state index in [9.17, 15) is 14.7 Å². The van der Waals surface area contributed by atoms with Crippen LogP contribution in [0.15, 0.2) is 42.5 Å². The first-order valence-corrected chi connectivity index (χ1v) is 7.29. The standard InChI is InChI=1S/C16H11Cl2NO3/c17-10-6-11(18)14-12(7-10)19-15(21)16(14,22)8-13(20)9-4-2-1-3-5-9/h1-7,22H,8H2,(H,19,21)/t16-/m1/s1. The van der Waals surface area contributed by atoms with Gasteiger partial charge in [0.25, 0.3) is 5.91 Å². The zero-order chi connectivity index (χ0) is 15.9. The number of nitrogens with one attached hydrogen (secondary N) is 1. The number of hydrogen-bond acceptors (Lipinski definition) is 3. The third-order valence-electron chi connectivity index (χ3n) is 3.60. The zero-order valence-electron chi connectivity index (χ0n) is 11.3. The van der Waals surface area contributed by atoms with Crippen molar-refractivity contribution in [1.29, 1.82) is 0 Å². The van der Waals surface area contributed by atoms with E-state index in [0.717, 1.165) is 0 Å². The Morgan fingerprint density at radius 3 is 2.55 bits per heavy atom. The Balaban J connectivity index is 2.01. The number of carbonyl (C=O) groups is 2. The van der Waals surface area contributed by atoms with E-state index in [2.05, 4.69) is 5.32 Å². The molecule has 0 saturated carbocycles. The van der Waals surface area contributed by atoms with Crippen molar-refractivity contribution < 1.29 is 14.7 Å². The molecule has 2 N–H and O–H groups in total. The largest absolute Gasteiger partial charge is 0.375 e. The fourth-order valence-electron chi connectivity index (χ4n) is 2.56. The van der Waals surface area contributed by atoms with Crippen molar-refractivity contribution in [3.05, 3.63) is 63.6 Å². The number of benzene rings is 2. The summed E-state index contributed by atoms with van der Waals surface area (Å²) in [6, 6.07) is 11.4. The lowest BCUT2D eigenvalue weighted by Crippen LogP contribution is -2.36. The Morgan fingerprint density at radius 2 is 1.86 bits per heavy atom. The van der Waals surface area contributed by atoms with Crippen LogP contribution in [0.1, 0.15) is 22.3 Å². The molecule has 1 aliphatic heterocycles. The minimum absolute atomic E-state index is 0.143. The number of ketones is 1. The molecule has 0 fully saturated rings. The van der Waals surface area contributed by atoms with Gasteiger partial charge in [-0.1, -0.05) is 53.5 Å². The van der Waals surface area contributed by atoms with Gasteiger partial charge >= 0.3 is 0 Å². The number of amides is 1. The summed E-state index contributed by atoms with van der Waals surface area (Å²) in [4.78, 5) is 24.5. The minimum atomic E-state index is -2.00. The third kappa shape index (κ3) is 2.39. The molecular formula is C16H11Cl2NO3. The van der Waals surface area contributed by atoms with Crippen LogP contribution in [0, 0.1) is 0 Å². The summed E-state index contributed by atoms with van der Waals surface area (Å²) in [6.45, 7) is 0. The summed E-state index contributed by atoms with van der Waals surface area (Å²) in [6.07, 6.45) is -0.392. The van der Waals surface area contributed by atoms with Gasteiger partial charge in [0.2, 0.25) is 0 Å². The second kappa shape index (κ2) is 5.39. The fourth-order valence-corrected chi connectivity index (χ4v) is 3.21. The van der Waals surface area contributed by atoms with Gasteiger partial charge in [-0.05, 0) is 12.1 Å². The van der Waals surface area contributed by atoms with Gasteiger partial charge in [0.15, 0.2) is 11.4 Å². The van der Waals surface area contributed by atoms with Crippen LogP contribution >= 0.6 is 23.2 Å². The van der Waals surface area contributed by atoms with Gasteiger partial charge < -0.3 is 10.4 Å². The summed E-state index contributed by atoms with van der Waals surface area (Å²) < 4.78 is 0. The van der Waals surface area contributed by atoms with Crippen LogP contribution in [0.5, 0.6) is 0 Å². The second-order valence-electron chi connectivity index (χ2n) is 5.09. The summed E-state index contributed by atoms with van der Waals surface area (Å²) in [7, 11) is 0. The molecule has 0 spiro atoms. The van der Waals surface area contributed by atoms with Crippen molar-refractivity contribution in [2.45, 2.75) is 12.0 Å². The van der Waals surface area contributed by atoms with E-state index in [1.54, 1.807) is 30.3 Å². The molecule has 1 heterocycles. The van der Waals surface area contributed by atoms with E-state index in [1.165, 1.54) is 12.1 Å². The smallest absolute Gasteiger partial charge is 0.261 e. The van der Waals surface area contributed by atoms with E-state index in [1.807, 2.05) is 0 Å². The maximum Gasteiger partial charge on any atom is 0.261 e. The molecule has 2 aromatic rings. The predicted octanol–water partition coefficient (Wildman–Crippen LogP) is 3.41. The van der Waals surface area contributed by atoms with Crippen molar-refractivity contribution in [3.63, 3.8) is 0 Å². The lowest BCUT2D eigenvalue weighted by atomic mass is 9.88. The van der Waals surface area contributed by atoms with E-state index in [-0.39, 0.29) is 16.4 Å². The number of aliphatic hydroxyl groups is 1. The Morgan fingerprint density at radius 1 is 1.18 bits per heavy atom. The molecule has 1 aliphatic rings. The van der Waals surface area contributed by atoms with Gasteiger partial charge in [0.05, 0.1) is 17.1 Å². The zero-order valence-corrected chi connectivity index (χ0v) is 12.8. The van der Waals surface area contributed by atoms with Gasteiger partial charge in [-0.15, -0.1) is 0 Å². The van der Waals surface area contributed by atoms with Crippen molar-refractivity contribution in [2.24, 2.45) is 0 Å². The van der Waals surface area contributed by atoms with Crippen LogP contribution in [0.3, 0.4) is 0 Å². The number of rotatable bonds is 3. The van der Waals surface area contributed by atoms with Crippen LogP contribution in [-0.4, -0.2) is 16.8 Å². The van der Waals surface area contributed by atoms with Crippen LogP contribution in [0.25, 0.3) is 0 Å². The molecule has 6 heteroatoms. The summed E-state index contributed by atoms with van der Waals surface area (Å²) in [5.74, 6) is -1.03. The molecule has 1 atom stereocenters. The highest BCUT2D eigenvalue weighted by Crippen LogP contribution is 2.44. The molecule has 0 unspecified atom stereocenters. The molecule has 0 aliphatic carbocycles. The highest BCUT2D eigenvalue weighted by Gasteiger charge is 2.48. The van der Waals surface area contributed by atoms with Crippen LogP contribution in [0.4, 0.5) is 5.69 Å². The summed E-state index contributed by atoms with van der Waals surface area (Å²) >= 11 is 12.0. The number of halogens is 2. The van der Waals surface area contributed by atoms with E-state index < -0.39 is 17.9 Å². The molecule has 0 radical (unpaired) electrons. The van der Waals surface area contributed by atoms with Crippen molar-refractivity contribution in [2.75, 3.05) is 5.32 Å². The lowest BCUT2D eigenvalue weighted by molar-refractivity contribution is -0.133. The lowest BCUT2D eigenvalue weighted by Gasteiger charge is -2.21. The van der Waals surface area contributed by atoms with Crippen molar-refractivity contribution in [3.8, 4) is 0 Å². The van der Waals surface area contributed by atoms with Gasteiger partial charge in [-0.3, -0.25) is 9.59 Å². The molecule has 0 saturated heterocycles. The molecule has 2 aromatic carbocycles. The van der Waals surface area contributed by atoms with Gasteiger partial charge in [0, 0.05) is 16.1 Å². The summed E-state index contributed by atoms with van der Waals surface area (Å²) in [5, 5.41) is 13.8. The third-order valence-corrected chi connectivity index (χ3v) is 4.12. The Kier molecular flexibility index (Phi) is 3.68. The number of anilines is 1. The minimum Gasteiger partial charge on any atom is -0.375 e. The number of Topliss-reactive ketones (excluding diaryl/α,β-unsaturated/α-hetero) is 1. The van der Waals surface area contributed by atoms with E-state index in [4.69, 9.17) is 23.2 Å². The Hall–Kier alpha value is -1.88. The SMILES string of the molecule is O=C(C[C@]1(O)C(=O)Nc2cc(Cl)cc(Cl)c21)c1ccccc1. The number of hydrogen-bond donors (Lipinski definition) is 2. The molecule has 22 heavy (non-hydrogen) atoms. The van der Waals surface area contributed by atoms with Gasteiger partial charge in [0.1, 0.15) is 0 Å². The molecular weight excluding hydrogens is 325 g/mol. The molecule has 1 amide bonds. The monoisotopic (exact) mass is 335 g/mol. The summed E-state index contributed by atoms with van der Waals surface area (Å²) in [5.41, 5.74) is -1.06. The van der Waals surface area contributed by atoms with E-state index >= 15 is 0 Å². The molecule has 3 rings (SSSR count). The average molecular weight is 336 g/mol. The number of carbonyl (C=O) groups excluding carboxylic acids is 2. The van der Waals surface area contributed by atoms with Gasteiger partial charge in [-0.25, -0.2) is 0 Å². The molecule has 0 aromatic heterocycles. The van der Waals surface area contributed by atoms with Crippen molar-refractivity contribution in [1.82, 2.24) is 0 Å². The second-order valence-corrected chi connectivity index (χ2v) is 5.93. The molecule has 4 nitrogen and oxygen atoms in total. The first kappa shape index (κ1) is 15.0. The highest BCUT2D eigenvalue weighted by molar-refractivity contribution is 6.36. The molecule has 0 bridgehead atoms. The van der Waals surface area contributed by atoms with Crippen LogP contribution < -0.4 is 5.32 Å². The quantitative estimate of drug-likeness (QED) is 0.844. The average Bonchev–Trinajstić information content (AvgIpc) is 2.70. The normalized spacial score (nSPS) is 19.7. The Bertz CT molecular complexity index is 776. The Labute approximate surface area is 136 Å². The first-order chi connectivity index (χ1) is 10.4. The topological polar surface area (TPSA) is 66.4 Å². The van der Waals surface area contributed by atoms with Crippen LogP contribution in [0.2, 0.25) is 10.0 Å². The maximum absolute atomic E-state index is 12.3.